The zero-order valence-corrected chi connectivity index (χ0v) is 25.2. The molecule has 14 heteroatoms. The quantitative estimate of drug-likeness (QED) is 0.439. The predicted octanol–water partition coefficient (Wildman–Crippen LogP) is 2.01. The second-order valence-corrected chi connectivity index (χ2v) is 14.2. The molecule has 2 aliphatic heterocycles. The molecule has 3 aromatic rings. The molecule has 2 aliphatic rings. The van der Waals surface area contributed by atoms with Crippen molar-refractivity contribution in [2.24, 2.45) is 0 Å². The molecule has 0 saturated carbocycles. The van der Waals surface area contributed by atoms with E-state index in [1.807, 2.05) is 4.90 Å². The maximum atomic E-state index is 13.5. The van der Waals surface area contributed by atoms with Gasteiger partial charge in [0.15, 0.2) is 15.5 Å². The molecule has 2 N–H and O–H groups in total. The minimum atomic E-state index is -3.20. The molecular formula is C29H35N7O6S. The van der Waals surface area contributed by atoms with Crippen LogP contribution in [0.4, 0.5) is 10.5 Å². The highest BCUT2D eigenvalue weighted by Crippen LogP contribution is 2.30. The molecule has 2 fully saturated rings. The maximum Gasteiger partial charge on any atom is 0.407 e. The van der Waals surface area contributed by atoms with Gasteiger partial charge in [-0.25, -0.2) is 23.0 Å². The number of hydrogen-bond donors (Lipinski definition) is 2. The van der Waals surface area contributed by atoms with E-state index >= 15 is 0 Å². The Kier molecular flexibility index (Phi) is 8.20. The third-order valence-electron chi connectivity index (χ3n) is 7.51. The van der Waals surface area contributed by atoms with Crippen LogP contribution < -0.4 is 15.9 Å². The van der Waals surface area contributed by atoms with E-state index in [9.17, 15) is 28.1 Å². The van der Waals surface area contributed by atoms with Crippen LogP contribution in [0.15, 0.2) is 35.1 Å². The molecule has 228 valence electrons. The van der Waals surface area contributed by atoms with Gasteiger partial charge in [0, 0.05) is 32.2 Å². The number of amides is 2. The number of imidazole rings is 1. The first-order valence-electron chi connectivity index (χ1n) is 14.2. The summed E-state index contributed by atoms with van der Waals surface area (Å²) < 4.78 is 30.8. The summed E-state index contributed by atoms with van der Waals surface area (Å²) >= 11 is 0. The van der Waals surface area contributed by atoms with Crippen LogP contribution in [0.25, 0.3) is 11.2 Å². The first-order valence-corrected chi connectivity index (χ1v) is 16.0. The molecule has 0 bridgehead atoms. The molecule has 5 rings (SSSR count). The summed E-state index contributed by atoms with van der Waals surface area (Å²) in [7, 11) is -3.20. The molecule has 1 atom stereocenters. The van der Waals surface area contributed by atoms with Crippen molar-refractivity contribution in [3.05, 3.63) is 57.6 Å². The van der Waals surface area contributed by atoms with Gasteiger partial charge >= 0.3 is 11.8 Å². The number of rotatable bonds is 5. The Bertz CT molecular complexity index is 1750. The Morgan fingerprint density at radius 3 is 2.60 bits per heavy atom. The maximum absolute atomic E-state index is 13.5. The molecule has 2 amide bonds. The second-order valence-electron chi connectivity index (χ2n) is 11.9. The number of alkyl carbamates (subject to hydrolysis) is 1. The van der Waals surface area contributed by atoms with Crippen molar-refractivity contribution in [2.75, 3.05) is 42.6 Å². The van der Waals surface area contributed by atoms with Gasteiger partial charge in [-0.2, -0.15) is 5.26 Å². The van der Waals surface area contributed by atoms with Crippen molar-refractivity contribution < 1.29 is 22.7 Å². The van der Waals surface area contributed by atoms with Gasteiger partial charge in [-0.05, 0) is 51.3 Å². The highest BCUT2D eigenvalue weighted by molar-refractivity contribution is 7.91. The molecule has 1 unspecified atom stereocenters. The van der Waals surface area contributed by atoms with E-state index in [0.717, 1.165) is 6.42 Å². The summed E-state index contributed by atoms with van der Waals surface area (Å²) in [4.78, 5) is 50.1. The number of aromatic amines is 1. The number of carbonyl (C=O) groups is 2. The fourth-order valence-electron chi connectivity index (χ4n) is 5.45. The number of aromatic nitrogens is 3. The fraction of sp³-hybridized carbons (Fsp3) is 0.483. The van der Waals surface area contributed by atoms with Gasteiger partial charge in [0.25, 0.3) is 5.91 Å². The zero-order chi connectivity index (χ0) is 30.9. The smallest absolute Gasteiger partial charge is 0.407 e. The van der Waals surface area contributed by atoms with Gasteiger partial charge in [-0.3, -0.25) is 14.3 Å². The molecule has 2 aromatic heterocycles. The predicted molar refractivity (Wildman–Crippen MR) is 160 cm³/mol. The molecule has 43 heavy (non-hydrogen) atoms. The summed E-state index contributed by atoms with van der Waals surface area (Å²) in [5, 5.41) is 12.6. The minimum Gasteiger partial charge on any atom is -0.444 e. The Hall–Kier alpha value is -4.38. The fourth-order valence-corrected chi connectivity index (χ4v) is 6.65. The van der Waals surface area contributed by atoms with Crippen LogP contribution in [0.2, 0.25) is 0 Å². The molecule has 4 heterocycles. The summed E-state index contributed by atoms with van der Waals surface area (Å²) in [6.45, 7) is 6.58. The number of anilines is 1. The number of H-pyrrole nitrogens is 1. The van der Waals surface area contributed by atoms with Crippen molar-refractivity contribution in [3.8, 4) is 6.07 Å². The van der Waals surface area contributed by atoms with Gasteiger partial charge < -0.3 is 19.9 Å². The lowest BCUT2D eigenvalue weighted by Gasteiger charge is -2.35. The van der Waals surface area contributed by atoms with Crippen LogP contribution in [0.3, 0.4) is 0 Å². The normalized spacial score (nSPS) is 18.7. The number of hydrogen-bond acceptors (Lipinski definition) is 9. The van der Waals surface area contributed by atoms with E-state index in [-0.39, 0.29) is 48.5 Å². The van der Waals surface area contributed by atoms with Crippen molar-refractivity contribution in [1.82, 2.24) is 24.8 Å². The monoisotopic (exact) mass is 609 g/mol. The van der Waals surface area contributed by atoms with Crippen molar-refractivity contribution in [2.45, 2.75) is 51.8 Å². The zero-order valence-electron chi connectivity index (χ0n) is 24.4. The second kappa shape index (κ2) is 11.7. The van der Waals surface area contributed by atoms with Gasteiger partial charge in [0.2, 0.25) is 0 Å². The molecule has 0 spiro atoms. The highest BCUT2D eigenvalue weighted by atomic mass is 32.2. The summed E-state index contributed by atoms with van der Waals surface area (Å²) in [5.74, 6) is -0.672. The van der Waals surface area contributed by atoms with Crippen LogP contribution in [0.1, 0.15) is 55.2 Å². The number of nitrogens with zero attached hydrogens (tertiary/aromatic N) is 5. The number of sulfone groups is 1. The number of ether oxygens (including phenoxy) is 1. The first-order chi connectivity index (χ1) is 20.3. The van der Waals surface area contributed by atoms with Crippen LogP contribution in [0, 0.1) is 11.3 Å². The van der Waals surface area contributed by atoms with Gasteiger partial charge in [-0.15, -0.1) is 0 Å². The first kappa shape index (κ1) is 30.1. The lowest BCUT2D eigenvalue weighted by atomic mass is 10.0. The van der Waals surface area contributed by atoms with Crippen molar-refractivity contribution in [1.29, 1.82) is 5.26 Å². The minimum absolute atomic E-state index is 0.0598. The number of nitriles is 1. The third kappa shape index (κ3) is 6.83. The molecule has 13 nitrogen and oxygen atoms in total. The Labute approximate surface area is 249 Å². The third-order valence-corrected chi connectivity index (χ3v) is 9.12. The molecule has 0 aliphatic carbocycles. The summed E-state index contributed by atoms with van der Waals surface area (Å²) in [6.07, 6.45) is 0.915. The van der Waals surface area contributed by atoms with E-state index in [1.54, 1.807) is 51.1 Å². The van der Waals surface area contributed by atoms with Crippen LogP contribution in [-0.4, -0.2) is 89.2 Å². The molecule has 1 aromatic carbocycles. The van der Waals surface area contributed by atoms with Crippen LogP contribution >= 0.6 is 0 Å². The SMILES string of the molecule is CC(C)(C)OC(=O)NC1CCCN(c2cc(C(=O)N3CCS(=O)(=O)CC3)nc3[nH]c(=O)n(Cc4ccccc4C#N)c23)C1. The summed E-state index contributed by atoms with van der Waals surface area (Å²) in [5.41, 5.74) is 1.29. The molecule has 0 radical (unpaired) electrons. The van der Waals surface area contributed by atoms with E-state index in [4.69, 9.17) is 4.74 Å². The number of fused-ring (bicyclic) bond motifs is 1. The van der Waals surface area contributed by atoms with Crippen molar-refractivity contribution in [3.63, 3.8) is 0 Å². The van der Waals surface area contributed by atoms with Gasteiger partial charge in [0.1, 0.15) is 16.8 Å². The topological polar surface area (TPSA) is 170 Å². The number of piperidine rings is 1. The number of pyridine rings is 1. The highest BCUT2D eigenvalue weighted by Gasteiger charge is 2.31. The number of carbonyl (C=O) groups excluding carboxylic acids is 2. The van der Waals surface area contributed by atoms with E-state index < -0.39 is 33.1 Å². The molecule has 2 saturated heterocycles. The Morgan fingerprint density at radius 1 is 1.19 bits per heavy atom. The van der Waals surface area contributed by atoms with Gasteiger partial charge in [-0.1, -0.05) is 18.2 Å². The lowest BCUT2D eigenvalue weighted by Crippen LogP contribution is -2.49. The van der Waals surface area contributed by atoms with E-state index in [2.05, 4.69) is 21.4 Å². The summed E-state index contributed by atoms with van der Waals surface area (Å²) in [6, 6.07) is 10.5. The lowest BCUT2D eigenvalue weighted by molar-refractivity contribution is 0.0499. The average Bonchev–Trinajstić information content (AvgIpc) is 3.26. The average molecular weight is 610 g/mol. The van der Waals surface area contributed by atoms with Crippen LogP contribution in [-0.2, 0) is 21.1 Å². The Morgan fingerprint density at radius 2 is 1.91 bits per heavy atom. The van der Waals surface area contributed by atoms with Crippen LogP contribution in [0.5, 0.6) is 0 Å². The van der Waals surface area contributed by atoms with Crippen molar-refractivity contribution >= 4 is 38.7 Å². The number of benzene rings is 1. The van der Waals surface area contributed by atoms with E-state index in [0.29, 0.717) is 41.8 Å². The largest absolute Gasteiger partial charge is 0.444 e. The number of nitrogens with one attached hydrogen (secondary N) is 2. The molecular weight excluding hydrogens is 574 g/mol. The standard InChI is InChI=1S/C29H35N7O6S/c1-29(2,3)42-28(39)31-21-9-6-10-35(18-21)23-15-22(26(37)34-11-13-43(40,41)14-12-34)32-25-24(23)36(27(38)33-25)17-20-8-5-4-7-19(20)16-30/h4-5,7-8,15,21H,6,9-14,17-18H2,1-3H3,(H,31,39)(H,32,33,38). The van der Waals surface area contributed by atoms with Gasteiger partial charge in [0.05, 0.1) is 35.4 Å². The Balaban J connectivity index is 1.55. The van der Waals surface area contributed by atoms with E-state index in [1.165, 1.54) is 9.47 Å².